The number of hydrogen-bond donors (Lipinski definition) is 0. The second kappa shape index (κ2) is 8.84. The molecule has 5 nitrogen and oxygen atoms in total. The lowest BCUT2D eigenvalue weighted by atomic mass is 9.46. The minimum Gasteiger partial charge on any atom is -0.459 e. The normalized spacial score (nSPS) is 37.0. The Kier molecular flexibility index (Phi) is 6.70. The Balaban J connectivity index is 1.39. The zero-order chi connectivity index (χ0) is 24.1. The predicted molar refractivity (Wildman–Crippen MR) is 127 cm³/mol. The van der Waals surface area contributed by atoms with Crippen molar-refractivity contribution in [2.24, 2.45) is 34.5 Å². The standard InChI is InChI=1S/C28H46O5/c1-7-22(18-25(2,3)24(30)33-27(6)10-8-9-11-31-27)23(29)32-26(4,5)28-15-19-12-20(16-28)14-21(13-19)17-28/h19-22H,7-18H2,1-6H3. The van der Waals surface area contributed by atoms with Crippen LogP contribution in [0.4, 0.5) is 0 Å². The molecular weight excluding hydrogens is 416 g/mol. The van der Waals surface area contributed by atoms with Crippen molar-refractivity contribution in [1.82, 2.24) is 0 Å². The van der Waals surface area contributed by atoms with Crippen LogP contribution in [0.2, 0.25) is 0 Å². The summed E-state index contributed by atoms with van der Waals surface area (Å²) in [7, 11) is 0. The summed E-state index contributed by atoms with van der Waals surface area (Å²) in [6.07, 6.45) is 11.5. The van der Waals surface area contributed by atoms with Crippen LogP contribution < -0.4 is 0 Å². The minimum absolute atomic E-state index is 0.122. The summed E-state index contributed by atoms with van der Waals surface area (Å²) < 4.78 is 17.9. The number of ether oxygens (including phenoxy) is 3. The van der Waals surface area contributed by atoms with Gasteiger partial charge in [-0.2, -0.15) is 0 Å². The SMILES string of the molecule is CCC(CC(C)(C)C(=O)OC1(C)CCCCO1)C(=O)OC(C)(C)C12CC3CC(CC(C3)C1)C2. The maximum atomic E-state index is 13.4. The summed E-state index contributed by atoms with van der Waals surface area (Å²) in [6.45, 7) is 12.5. The van der Waals surface area contributed by atoms with E-state index in [0.29, 0.717) is 25.9 Å². The molecule has 1 saturated heterocycles. The Morgan fingerprint density at radius 3 is 2.06 bits per heavy atom. The van der Waals surface area contributed by atoms with Crippen LogP contribution in [0.1, 0.15) is 112 Å². The topological polar surface area (TPSA) is 61.8 Å². The van der Waals surface area contributed by atoms with Gasteiger partial charge in [0.1, 0.15) is 5.60 Å². The van der Waals surface area contributed by atoms with E-state index in [-0.39, 0.29) is 23.3 Å². The molecule has 5 fully saturated rings. The van der Waals surface area contributed by atoms with Crippen LogP contribution in [-0.4, -0.2) is 29.9 Å². The zero-order valence-corrected chi connectivity index (χ0v) is 21.8. The third-order valence-corrected chi connectivity index (χ3v) is 9.55. The van der Waals surface area contributed by atoms with Crippen molar-refractivity contribution in [2.45, 2.75) is 124 Å². The van der Waals surface area contributed by atoms with E-state index < -0.39 is 16.8 Å². The summed E-state index contributed by atoms with van der Waals surface area (Å²) in [5.74, 6) is 0.823. The maximum absolute atomic E-state index is 13.4. The highest BCUT2D eigenvalue weighted by atomic mass is 16.7. The number of esters is 2. The predicted octanol–water partition coefficient (Wildman–Crippen LogP) is 6.43. The van der Waals surface area contributed by atoms with Crippen molar-refractivity contribution >= 4 is 11.9 Å². The highest BCUT2D eigenvalue weighted by molar-refractivity contribution is 5.78. The van der Waals surface area contributed by atoms with Gasteiger partial charge in [0.15, 0.2) is 0 Å². The fourth-order valence-corrected chi connectivity index (χ4v) is 7.71. The van der Waals surface area contributed by atoms with Crippen LogP contribution in [0.3, 0.4) is 0 Å². The van der Waals surface area contributed by atoms with Crippen LogP contribution in [0.25, 0.3) is 0 Å². The lowest BCUT2D eigenvalue weighted by Crippen LogP contribution is -2.57. The molecule has 188 valence electrons. The monoisotopic (exact) mass is 462 g/mol. The van der Waals surface area contributed by atoms with E-state index in [4.69, 9.17) is 14.2 Å². The number of carbonyl (C=O) groups excluding carboxylic acids is 2. The van der Waals surface area contributed by atoms with Crippen molar-refractivity contribution in [3.8, 4) is 0 Å². The first kappa shape index (κ1) is 25.0. The van der Waals surface area contributed by atoms with Gasteiger partial charge in [-0.15, -0.1) is 0 Å². The molecule has 0 aromatic rings. The van der Waals surface area contributed by atoms with Crippen molar-refractivity contribution in [2.75, 3.05) is 6.61 Å². The first-order valence-corrected chi connectivity index (χ1v) is 13.5. The van der Waals surface area contributed by atoms with E-state index in [1.165, 1.54) is 38.5 Å². The molecule has 0 radical (unpaired) electrons. The number of hydrogen-bond acceptors (Lipinski definition) is 5. The molecule has 4 aliphatic carbocycles. The van der Waals surface area contributed by atoms with Gasteiger partial charge in [-0.25, -0.2) is 0 Å². The molecule has 2 atom stereocenters. The van der Waals surface area contributed by atoms with Gasteiger partial charge in [-0.3, -0.25) is 9.59 Å². The van der Waals surface area contributed by atoms with Crippen molar-refractivity contribution in [3.63, 3.8) is 0 Å². The van der Waals surface area contributed by atoms with Gasteiger partial charge in [0.25, 0.3) is 0 Å². The smallest absolute Gasteiger partial charge is 0.314 e. The first-order valence-electron chi connectivity index (χ1n) is 13.5. The van der Waals surface area contributed by atoms with E-state index in [0.717, 1.165) is 30.6 Å². The summed E-state index contributed by atoms with van der Waals surface area (Å²) in [5.41, 5.74) is -1.13. The fraction of sp³-hybridized carbons (Fsp3) is 0.929. The van der Waals surface area contributed by atoms with E-state index >= 15 is 0 Å². The molecule has 2 unspecified atom stereocenters. The average Bonchev–Trinajstić information content (AvgIpc) is 2.70. The largest absolute Gasteiger partial charge is 0.459 e. The second-order valence-corrected chi connectivity index (χ2v) is 13.2. The lowest BCUT2D eigenvalue weighted by Gasteiger charge is -2.61. The molecular formula is C28H46O5. The molecule has 0 amide bonds. The molecule has 5 heteroatoms. The average molecular weight is 463 g/mol. The zero-order valence-electron chi connectivity index (χ0n) is 21.8. The fourth-order valence-electron chi connectivity index (χ4n) is 7.71. The van der Waals surface area contributed by atoms with E-state index in [1.807, 2.05) is 27.7 Å². The Morgan fingerprint density at radius 1 is 1.00 bits per heavy atom. The van der Waals surface area contributed by atoms with Gasteiger partial charge in [0.2, 0.25) is 5.79 Å². The Bertz CT molecular complexity index is 710. The van der Waals surface area contributed by atoms with Crippen LogP contribution >= 0.6 is 0 Å². The van der Waals surface area contributed by atoms with Gasteiger partial charge in [0.05, 0.1) is 17.9 Å². The molecule has 33 heavy (non-hydrogen) atoms. The second-order valence-electron chi connectivity index (χ2n) is 13.2. The summed E-state index contributed by atoms with van der Waals surface area (Å²) in [5, 5.41) is 0. The van der Waals surface area contributed by atoms with Gasteiger partial charge in [0, 0.05) is 18.8 Å². The van der Waals surface area contributed by atoms with Crippen molar-refractivity contribution in [3.05, 3.63) is 0 Å². The molecule has 0 spiro atoms. The van der Waals surface area contributed by atoms with Crippen LogP contribution in [0, 0.1) is 34.5 Å². The minimum atomic E-state index is -0.852. The van der Waals surface area contributed by atoms with Crippen LogP contribution in [-0.2, 0) is 23.8 Å². The molecule has 0 aromatic heterocycles. The van der Waals surface area contributed by atoms with Crippen LogP contribution in [0.15, 0.2) is 0 Å². The van der Waals surface area contributed by atoms with Crippen molar-refractivity contribution < 1.29 is 23.8 Å². The third-order valence-electron chi connectivity index (χ3n) is 9.55. The highest BCUT2D eigenvalue weighted by Crippen LogP contribution is 2.64. The molecule has 0 N–H and O–H groups in total. The van der Waals surface area contributed by atoms with E-state index in [1.54, 1.807) is 0 Å². The number of carbonyl (C=O) groups is 2. The molecule has 5 aliphatic rings. The van der Waals surface area contributed by atoms with Gasteiger partial charge >= 0.3 is 11.9 Å². The molecule has 1 aliphatic heterocycles. The Labute approximate surface area is 200 Å². The molecule has 1 heterocycles. The Hall–Kier alpha value is -1.10. The molecule has 4 saturated carbocycles. The van der Waals surface area contributed by atoms with E-state index in [2.05, 4.69) is 13.8 Å². The number of rotatable bonds is 8. The summed E-state index contributed by atoms with van der Waals surface area (Å²) >= 11 is 0. The summed E-state index contributed by atoms with van der Waals surface area (Å²) in [6, 6.07) is 0. The van der Waals surface area contributed by atoms with Crippen LogP contribution in [0.5, 0.6) is 0 Å². The molecule has 4 bridgehead atoms. The van der Waals surface area contributed by atoms with Crippen molar-refractivity contribution in [1.29, 1.82) is 0 Å². The van der Waals surface area contributed by atoms with E-state index in [9.17, 15) is 9.59 Å². The lowest BCUT2D eigenvalue weighted by molar-refractivity contribution is -0.244. The third kappa shape index (κ3) is 4.99. The highest BCUT2D eigenvalue weighted by Gasteiger charge is 2.59. The maximum Gasteiger partial charge on any atom is 0.314 e. The quantitative estimate of drug-likeness (QED) is 0.389. The molecule has 0 aromatic carbocycles. The van der Waals surface area contributed by atoms with Gasteiger partial charge < -0.3 is 14.2 Å². The Morgan fingerprint density at radius 2 is 1.58 bits per heavy atom. The molecule has 5 rings (SSSR count). The summed E-state index contributed by atoms with van der Waals surface area (Å²) in [4.78, 5) is 26.5. The first-order chi connectivity index (χ1) is 15.4. The van der Waals surface area contributed by atoms with Gasteiger partial charge in [-0.05, 0) is 110 Å². The van der Waals surface area contributed by atoms with Gasteiger partial charge in [-0.1, -0.05) is 6.92 Å².